The van der Waals surface area contributed by atoms with Crippen LogP contribution in [-0.2, 0) is 6.42 Å². The number of likely N-dealkylation sites (tertiary alicyclic amines) is 1. The maximum atomic E-state index is 12.1. The third kappa shape index (κ3) is 3.53. The van der Waals surface area contributed by atoms with Crippen molar-refractivity contribution in [2.24, 2.45) is 0 Å². The van der Waals surface area contributed by atoms with Crippen molar-refractivity contribution in [3.63, 3.8) is 0 Å². The number of nitrogens with zero attached hydrogens (tertiary/aromatic N) is 5. The van der Waals surface area contributed by atoms with E-state index in [9.17, 15) is 4.79 Å². The number of carbonyl (C=O) groups is 1. The van der Waals surface area contributed by atoms with Gasteiger partial charge in [0.05, 0.1) is 12.1 Å². The quantitative estimate of drug-likeness (QED) is 0.754. The van der Waals surface area contributed by atoms with Gasteiger partial charge in [-0.05, 0) is 12.0 Å². The van der Waals surface area contributed by atoms with Crippen LogP contribution in [-0.4, -0.2) is 50.7 Å². The minimum atomic E-state index is -0.0640. The lowest BCUT2D eigenvalue weighted by Crippen LogP contribution is -2.52. The van der Waals surface area contributed by atoms with Crippen LogP contribution >= 0.6 is 0 Å². The van der Waals surface area contributed by atoms with Crippen LogP contribution in [0.1, 0.15) is 17.4 Å². The van der Waals surface area contributed by atoms with Crippen molar-refractivity contribution in [2.75, 3.05) is 19.6 Å². The van der Waals surface area contributed by atoms with Gasteiger partial charge in [-0.1, -0.05) is 35.5 Å². The predicted molar refractivity (Wildman–Crippen MR) is 93.2 cm³/mol. The first-order chi connectivity index (χ1) is 12.8. The monoisotopic (exact) mass is 350 g/mol. The van der Waals surface area contributed by atoms with Crippen LogP contribution in [0.2, 0.25) is 0 Å². The average Bonchev–Trinajstić information content (AvgIpc) is 3.12. The molecule has 0 spiro atoms. The Morgan fingerprint density at radius 2 is 2.08 bits per heavy atom. The van der Waals surface area contributed by atoms with Crippen molar-refractivity contribution in [1.82, 2.24) is 30.3 Å². The first-order valence-electron chi connectivity index (χ1n) is 8.46. The molecule has 3 heterocycles. The van der Waals surface area contributed by atoms with E-state index in [0.717, 1.165) is 6.42 Å². The Labute approximate surface area is 150 Å². The molecule has 1 N–H and O–H groups in total. The summed E-state index contributed by atoms with van der Waals surface area (Å²) >= 11 is 0. The van der Waals surface area contributed by atoms with E-state index < -0.39 is 0 Å². The van der Waals surface area contributed by atoms with Crippen molar-refractivity contribution in [1.29, 1.82) is 0 Å². The van der Waals surface area contributed by atoms with E-state index >= 15 is 0 Å². The Bertz CT molecular complexity index is 862. The number of urea groups is 1. The van der Waals surface area contributed by atoms with Crippen LogP contribution in [0.15, 0.2) is 53.4 Å². The molecular weight excluding hydrogens is 332 g/mol. The van der Waals surface area contributed by atoms with Crippen LogP contribution in [0.5, 0.6) is 0 Å². The van der Waals surface area contributed by atoms with Gasteiger partial charge in [-0.15, -0.1) is 0 Å². The molecule has 1 saturated heterocycles. The van der Waals surface area contributed by atoms with Crippen molar-refractivity contribution >= 4 is 6.03 Å². The molecule has 2 aromatic heterocycles. The van der Waals surface area contributed by atoms with Crippen molar-refractivity contribution < 1.29 is 9.32 Å². The molecule has 0 atom stereocenters. The van der Waals surface area contributed by atoms with Gasteiger partial charge >= 0.3 is 6.03 Å². The zero-order chi connectivity index (χ0) is 17.8. The fourth-order valence-electron chi connectivity index (χ4n) is 2.79. The molecule has 8 nitrogen and oxygen atoms in total. The lowest BCUT2D eigenvalue weighted by Gasteiger charge is -2.36. The zero-order valence-corrected chi connectivity index (χ0v) is 14.1. The number of benzene rings is 1. The van der Waals surface area contributed by atoms with E-state index in [0.29, 0.717) is 37.0 Å². The maximum Gasteiger partial charge on any atom is 0.317 e. The molecule has 4 rings (SSSR count). The van der Waals surface area contributed by atoms with Gasteiger partial charge in [-0.2, -0.15) is 4.98 Å². The average molecular weight is 350 g/mol. The maximum absolute atomic E-state index is 12.1. The van der Waals surface area contributed by atoms with Gasteiger partial charge in [0, 0.05) is 32.0 Å². The largest absolute Gasteiger partial charge is 0.338 e. The highest BCUT2D eigenvalue weighted by Crippen LogP contribution is 2.26. The molecule has 1 aliphatic rings. The van der Waals surface area contributed by atoms with Gasteiger partial charge in [0.25, 0.3) is 0 Å². The summed E-state index contributed by atoms with van der Waals surface area (Å²) < 4.78 is 5.30. The Morgan fingerprint density at radius 1 is 1.23 bits per heavy atom. The first kappa shape index (κ1) is 16.2. The molecule has 0 unspecified atom stereocenters. The molecule has 0 saturated carbocycles. The molecular formula is C18H18N6O2. The summed E-state index contributed by atoms with van der Waals surface area (Å²) in [4.78, 5) is 26.4. The SMILES string of the molecule is O=C(NCCc1ccccc1)N1CC(c2nc(-c3cnccn3)no2)C1. The summed E-state index contributed by atoms with van der Waals surface area (Å²) in [5, 5.41) is 6.87. The van der Waals surface area contributed by atoms with Crippen molar-refractivity contribution in [3.8, 4) is 11.5 Å². The molecule has 3 aromatic rings. The summed E-state index contributed by atoms with van der Waals surface area (Å²) in [7, 11) is 0. The highest BCUT2D eigenvalue weighted by Gasteiger charge is 2.35. The lowest BCUT2D eigenvalue weighted by molar-refractivity contribution is 0.137. The number of nitrogens with one attached hydrogen (secondary N) is 1. The molecule has 1 fully saturated rings. The molecule has 1 aliphatic heterocycles. The van der Waals surface area contributed by atoms with Gasteiger partial charge in [-0.3, -0.25) is 4.98 Å². The second-order valence-corrected chi connectivity index (χ2v) is 6.12. The molecule has 26 heavy (non-hydrogen) atoms. The van der Waals surface area contributed by atoms with Gasteiger partial charge < -0.3 is 14.7 Å². The Morgan fingerprint density at radius 3 is 2.85 bits per heavy atom. The minimum Gasteiger partial charge on any atom is -0.338 e. The second kappa shape index (κ2) is 7.30. The van der Waals surface area contributed by atoms with Crippen LogP contribution in [0, 0.1) is 0 Å². The molecule has 2 amide bonds. The number of hydrogen-bond donors (Lipinski definition) is 1. The Kier molecular flexibility index (Phi) is 4.55. The topological polar surface area (TPSA) is 97.0 Å². The smallest absolute Gasteiger partial charge is 0.317 e. The number of amides is 2. The van der Waals surface area contributed by atoms with Crippen LogP contribution in [0.4, 0.5) is 4.79 Å². The molecule has 132 valence electrons. The zero-order valence-electron chi connectivity index (χ0n) is 14.1. The van der Waals surface area contributed by atoms with E-state index in [1.807, 2.05) is 18.2 Å². The fourth-order valence-corrected chi connectivity index (χ4v) is 2.79. The number of carbonyl (C=O) groups excluding carboxylic acids is 1. The highest BCUT2D eigenvalue weighted by molar-refractivity contribution is 5.75. The van der Waals surface area contributed by atoms with Crippen LogP contribution in [0.25, 0.3) is 11.5 Å². The van der Waals surface area contributed by atoms with E-state index in [4.69, 9.17) is 4.52 Å². The normalized spacial score (nSPS) is 14.1. The molecule has 1 aromatic carbocycles. The molecule has 0 bridgehead atoms. The fraction of sp³-hybridized carbons (Fsp3) is 0.278. The Hall–Kier alpha value is -3.29. The molecule has 8 heteroatoms. The summed E-state index contributed by atoms with van der Waals surface area (Å²) in [6, 6.07) is 10.0. The number of hydrogen-bond acceptors (Lipinski definition) is 6. The van der Waals surface area contributed by atoms with Crippen LogP contribution in [0.3, 0.4) is 0 Å². The second-order valence-electron chi connectivity index (χ2n) is 6.12. The minimum absolute atomic E-state index is 0.0628. The van der Waals surface area contributed by atoms with E-state index in [2.05, 4.69) is 37.6 Å². The summed E-state index contributed by atoms with van der Waals surface area (Å²) in [6.45, 7) is 1.75. The van der Waals surface area contributed by atoms with Crippen molar-refractivity contribution in [2.45, 2.75) is 12.3 Å². The van der Waals surface area contributed by atoms with Gasteiger partial charge in [0.2, 0.25) is 11.7 Å². The summed E-state index contributed by atoms with van der Waals surface area (Å²) in [5.74, 6) is 1.01. The van der Waals surface area contributed by atoms with E-state index in [-0.39, 0.29) is 11.9 Å². The van der Waals surface area contributed by atoms with Gasteiger partial charge in [-0.25, -0.2) is 9.78 Å². The highest BCUT2D eigenvalue weighted by atomic mass is 16.5. The molecule has 0 radical (unpaired) electrons. The van der Waals surface area contributed by atoms with Gasteiger partial charge in [0.1, 0.15) is 5.69 Å². The molecule has 0 aliphatic carbocycles. The predicted octanol–water partition coefficient (Wildman–Crippen LogP) is 1.88. The number of aromatic nitrogens is 4. The van der Waals surface area contributed by atoms with Gasteiger partial charge in [0.15, 0.2) is 0 Å². The third-order valence-electron chi connectivity index (χ3n) is 4.28. The first-order valence-corrected chi connectivity index (χ1v) is 8.46. The third-order valence-corrected chi connectivity index (χ3v) is 4.28. The standard InChI is InChI=1S/C18H18N6O2/c25-18(21-7-6-13-4-2-1-3-5-13)24-11-14(12-24)17-22-16(23-26-17)15-10-19-8-9-20-15/h1-5,8-10,14H,6-7,11-12H2,(H,21,25). The van der Waals surface area contributed by atoms with Crippen LogP contribution < -0.4 is 5.32 Å². The number of rotatable bonds is 5. The summed E-state index contributed by atoms with van der Waals surface area (Å²) in [6.07, 6.45) is 5.57. The lowest BCUT2D eigenvalue weighted by atomic mass is 10.0. The summed E-state index contributed by atoms with van der Waals surface area (Å²) in [5.41, 5.74) is 1.77. The van der Waals surface area contributed by atoms with E-state index in [1.54, 1.807) is 23.5 Å². The van der Waals surface area contributed by atoms with E-state index in [1.165, 1.54) is 5.56 Å². The van der Waals surface area contributed by atoms with Crippen molar-refractivity contribution in [3.05, 3.63) is 60.4 Å². The Balaban J connectivity index is 1.25.